The van der Waals surface area contributed by atoms with Crippen molar-refractivity contribution < 1.29 is 9.21 Å². The molecule has 1 N–H and O–H groups in total. The lowest BCUT2D eigenvalue weighted by atomic mass is 10.0. The zero-order valence-corrected chi connectivity index (χ0v) is 16.6. The lowest BCUT2D eigenvalue weighted by molar-refractivity contribution is -0.115. The van der Waals surface area contributed by atoms with E-state index in [0.29, 0.717) is 5.89 Å². The first-order valence-corrected chi connectivity index (χ1v) is 10.4. The van der Waals surface area contributed by atoms with Crippen molar-refractivity contribution in [2.75, 3.05) is 11.6 Å². The molecule has 5 nitrogen and oxygen atoms in total. The second-order valence-corrected chi connectivity index (χ2v) is 7.31. The molecule has 0 saturated heterocycles. The number of aromatic nitrogens is 2. The van der Waals surface area contributed by atoms with Crippen LogP contribution in [0, 0.1) is 0 Å². The van der Waals surface area contributed by atoms with Gasteiger partial charge in [0.15, 0.2) is 0 Å². The number of benzene rings is 3. The van der Waals surface area contributed by atoms with E-state index in [1.165, 1.54) is 0 Å². The summed E-state index contributed by atoms with van der Waals surface area (Å²) in [5.74, 6) is 0.175. The molecule has 1 amide bonds. The van der Waals surface area contributed by atoms with Gasteiger partial charge in [-0.05, 0) is 41.1 Å². The fourth-order valence-corrected chi connectivity index (χ4v) is 3.40. The van der Waals surface area contributed by atoms with Gasteiger partial charge >= 0.3 is 6.01 Å². The molecular weight excluding hydrogens is 382 g/mol. The number of hydrogen-bond acceptors (Lipinski definition) is 5. The number of carbonyl (C=O) groups excluding carboxylic acids is 1. The molecule has 0 atom stereocenters. The Balaban J connectivity index is 1.39. The van der Waals surface area contributed by atoms with Gasteiger partial charge in [0.1, 0.15) is 0 Å². The molecule has 0 aliphatic rings. The average molecular weight is 401 g/mol. The van der Waals surface area contributed by atoms with E-state index in [-0.39, 0.29) is 18.3 Å². The van der Waals surface area contributed by atoms with E-state index in [4.69, 9.17) is 4.42 Å². The van der Waals surface area contributed by atoms with Crippen LogP contribution in [0.15, 0.2) is 88.2 Å². The minimum atomic E-state index is -0.203. The van der Waals surface area contributed by atoms with Crippen LogP contribution < -0.4 is 5.32 Å². The summed E-state index contributed by atoms with van der Waals surface area (Å²) in [6, 6.07) is 26.0. The van der Waals surface area contributed by atoms with Gasteiger partial charge in [0.25, 0.3) is 0 Å². The molecule has 29 heavy (non-hydrogen) atoms. The standard InChI is InChI=1S/C23H19N3O2S/c1-29-20-9-5-8-19(15-20)22-25-26-23(28-22)24-21(27)14-16-10-12-18(13-11-16)17-6-3-2-4-7-17/h2-13,15H,14H2,1H3,(H,24,26,27). The molecule has 0 spiro atoms. The third kappa shape index (κ3) is 4.73. The number of hydrogen-bond donors (Lipinski definition) is 1. The summed E-state index contributed by atoms with van der Waals surface area (Å²) < 4.78 is 5.59. The van der Waals surface area contributed by atoms with Gasteiger partial charge in [-0.3, -0.25) is 10.1 Å². The van der Waals surface area contributed by atoms with E-state index in [9.17, 15) is 4.79 Å². The number of nitrogens with one attached hydrogen (secondary N) is 1. The SMILES string of the molecule is CSc1cccc(-c2nnc(NC(=O)Cc3ccc(-c4ccccc4)cc3)o2)c1. The van der Waals surface area contributed by atoms with Crippen LogP contribution in [-0.4, -0.2) is 22.4 Å². The Morgan fingerprint density at radius 3 is 2.38 bits per heavy atom. The average Bonchev–Trinajstić information content (AvgIpc) is 3.23. The molecule has 0 fully saturated rings. The summed E-state index contributed by atoms with van der Waals surface area (Å²) in [5, 5.41) is 10.6. The first-order valence-electron chi connectivity index (χ1n) is 9.13. The third-order valence-corrected chi connectivity index (χ3v) is 5.14. The first kappa shape index (κ1) is 19.0. The van der Waals surface area contributed by atoms with Crippen LogP contribution in [-0.2, 0) is 11.2 Å². The predicted octanol–water partition coefficient (Wildman–Crippen LogP) is 5.31. The zero-order chi connectivity index (χ0) is 20.1. The topological polar surface area (TPSA) is 68.0 Å². The molecule has 0 bridgehead atoms. The van der Waals surface area contributed by atoms with Crippen molar-refractivity contribution in [2.24, 2.45) is 0 Å². The van der Waals surface area contributed by atoms with Crippen molar-refractivity contribution >= 4 is 23.7 Å². The van der Waals surface area contributed by atoms with Crippen molar-refractivity contribution in [1.82, 2.24) is 10.2 Å². The maximum Gasteiger partial charge on any atom is 0.322 e. The van der Waals surface area contributed by atoms with E-state index in [2.05, 4.69) is 27.6 Å². The fraction of sp³-hybridized carbons (Fsp3) is 0.0870. The molecule has 0 aliphatic carbocycles. The first-order chi connectivity index (χ1) is 14.2. The van der Waals surface area contributed by atoms with E-state index < -0.39 is 0 Å². The lowest BCUT2D eigenvalue weighted by Crippen LogP contribution is -2.14. The van der Waals surface area contributed by atoms with Gasteiger partial charge in [-0.2, -0.15) is 0 Å². The number of carbonyl (C=O) groups is 1. The molecule has 144 valence electrons. The highest BCUT2D eigenvalue weighted by atomic mass is 32.2. The fourth-order valence-electron chi connectivity index (χ4n) is 2.94. The van der Waals surface area contributed by atoms with Crippen LogP contribution in [0.4, 0.5) is 6.01 Å². The predicted molar refractivity (Wildman–Crippen MR) is 116 cm³/mol. The van der Waals surface area contributed by atoms with Crippen molar-refractivity contribution in [3.05, 3.63) is 84.4 Å². The van der Waals surface area contributed by atoms with Crippen molar-refractivity contribution in [3.8, 4) is 22.6 Å². The molecule has 6 heteroatoms. The quantitative estimate of drug-likeness (QED) is 0.444. The van der Waals surface area contributed by atoms with Gasteiger partial charge in [-0.1, -0.05) is 65.8 Å². The minimum Gasteiger partial charge on any atom is -0.403 e. The van der Waals surface area contributed by atoms with Gasteiger partial charge in [-0.15, -0.1) is 16.9 Å². The molecule has 0 unspecified atom stereocenters. The Hall–Kier alpha value is -3.38. The third-order valence-electron chi connectivity index (χ3n) is 4.41. The van der Waals surface area contributed by atoms with Gasteiger partial charge < -0.3 is 4.42 Å². The summed E-state index contributed by atoms with van der Waals surface area (Å²) in [4.78, 5) is 13.4. The van der Waals surface area contributed by atoms with E-state index in [1.807, 2.05) is 73.0 Å². The van der Waals surface area contributed by atoms with Crippen molar-refractivity contribution in [3.63, 3.8) is 0 Å². The van der Waals surface area contributed by atoms with Crippen molar-refractivity contribution in [2.45, 2.75) is 11.3 Å². The van der Waals surface area contributed by atoms with Crippen LogP contribution in [0.5, 0.6) is 0 Å². The molecule has 1 aromatic heterocycles. The van der Waals surface area contributed by atoms with Gasteiger partial charge in [-0.25, -0.2) is 0 Å². The maximum atomic E-state index is 12.3. The van der Waals surface area contributed by atoms with Crippen LogP contribution >= 0.6 is 11.8 Å². The summed E-state index contributed by atoms with van der Waals surface area (Å²) in [6.45, 7) is 0. The number of amides is 1. The van der Waals surface area contributed by atoms with Gasteiger partial charge in [0.2, 0.25) is 11.8 Å². The van der Waals surface area contributed by atoms with Gasteiger partial charge in [0, 0.05) is 10.5 Å². The summed E-state index contributed by atoms with van der Waals surface area (Å²) in [6.07, 6.45) is 2.24. The smallest absolute Gasteiger partial charge is 0.322 e. The van der Waals surface area contributed by atoms with Crippen molar-refractivity contribution in [1.29, 1.82) is 0 Å². The highest BCUT2D eigenvalue weighted by Crippen LogP contribution is 2.25. The number of rotatable bonds is 6. The number of thioether (sulfide) groups is 1. The highest BCUT2D eigenvalue weighted by molar-refractivity contribution is 7.98. The molecule has 4 aromatic rings. The molecule has 4 rings (SSSR count). The Morgan fingerprint density at radius 1 is 0.897 bits per heavy atom. The van der Waals surface area contributed by atoms with Crippen LogP contribution in [0.25, 0.3) is 22.6 Å². The number of anilines is 1. The molecule has 0 radical (unpaired) electrons. The Morgan fingerprint density at radius 2 is 1.62 bits per heavy atom. The molecule has 1 heterocycles. The molecular formula is C23H19N3O2S. The maximum absolute atomic E-state index is 12.3. The second kappa shape index (κ2) is 8.75. The van der Waals surface area contributed by atoms with Gasteiger partial charge in [0.05, 0.1) is 6.42 Å². The normalized spacial score (nSPS) is 10.7. The summed E-state index contributed by atoms with van der Waals surface area (Å²) in [7, 11) is 0. The number of nitrogens with zero attached hydrogens (tertiary/aromatic N) is 2. The summed E-state index contributed by atoms with van der Waals surface area (Å²) in [5.41, 5.74) is 3.99. The lowest BCUT2D eigenvalue weighted by Gasteiger charge is -2.04. The largest absolute Gasteiger partial charge is 0.403 e. The molecule has 0 saturated carbocycles. The Kier molecular flexibility index (Phi) is 5.72. The van der Waals surface area contributed by atoms with E-state index in [1.54, 1.807) is 11.8 Å². The highest BCUT2D eigenvalue weighted by Gasteiger charge is 2.12. The van der Waals surface area contributed by atoms with Crippen LogP contribution in [0.3, 0.4) is 0 Å². The zero-order valence-electron chi connectivity index (χ0n) is 15.8. The van der Waals surface area contributed by atoms with Crippen LogP contribution in [0.1, 0.15) is 5.56 Å². The van der Waals surface area contributed by atoms with Crippen LogP contribution in [0.2, 0.25) is 0 Å². The monoisotopic (exact) mass is 401 g/mol. The molecule has 3 aromatic carbocycles. The molecule has 0 aliphatic heterocycles. The van der Waals surface area contributed by atoms with E-state index >= 15 is 0 Å². The second-order valence-electron chi connectivity index (χ2n) is 6.43. The Labute approximate surface area is 173 Å². The Bertz CT molecular complexity index is 1110. The van der Waals surface area contributed by atoms with E-state index in [0.717, 1.165) is 27.1 Å². The minimum absolute atomic E-state index is 0.0976. The summed E-state index contributed by atoms with van der Waals surface area (Å²) >= 11 is 1.64.